The summed E-state index contributed by atoms with van der Waals surface area (Å²) in [6.07, 6.45) is 11.1. The van der Waals surface area contributed by atoms with Gasteiger partial charge in [-0.05, 0) is 18.8 Å². The molecule has 1 aliphatic heterocycles. The number of fused-ring (bicyclic) bond motifs is 1. The summed E-state index contributed by atoms with van der Waals surface area (Å²) in [4.78, 5) is 0. The maximum Gasteiger partial charge on any atom is 0.155 e. The lowest BCUT2D eigenvalue weighted by Crippen LogP contribution is -2.18. The third-order valence-electron chi connectivity index (χ3n) is 4.28. The van der Waals surface area contributed by atoms with Crippen LogP contribution >= 0.6 is 0 Å². The molecule has 0 amide bonds. The fourth-order valence-corrected chi connectivity index (χ4v) is 3.27. The average molecular weight is 254 g/mol. The molecule has 0 aromatic carbocycles. The summed E-state index contributed by atoms with van der Waals surface area (Å²) in [5.74, 6) is 0.486. The zero-order valence-corrected chi connectivity index (χ0v) is 11.3. The molecule has 2 fully saturated rings. The quantitative estimate of drug-likeness (QED) is 0.566. The summed E-state index contributed by atoms with van der Waals surface area (Å²) in [7, 11) is 0. The molecule has 18 heavy (non-hydrogen) atoms. The number of aliphatic hydroxyl groups is 2. The molecule has 2 rings (SSSR count). The van der Waals surface area contributed by atoms with Crippen molar-refractivity contribution in [1.82, 2.24) is 0 Å². The summed E-state index contributed by atoms with van der Waals surface area (Å²) in [6, 6.07) is 0. The van der Waals surface area contributed by atoms with E-state index in [-0.39, 0.29) is 18.1 Å². The van der Waals surface area contributed by atoms with Gasteiger partial charge >= 0.3 is 0 Å². The van der Waals surface area contributed by atoms with Gasteiger partial charge in [-0.2, -0.15) is 0 Å². The Hall–Kier alpha value is -0.380. The first-order valence-electron chi connectivity index (χ1n) is 7.40. The van der Waals surface area contributed by atoms with Gasteiger partial charge in [-0.1, -0.05) is 38.3 Å². The highest BCUT2D eigenvalue weighted by atomic mass is 16.6. The van der Waals surface area contributed by atoms with Crippen molar-refractivity contribution in [2.45, 2.75) is 70.4 Å². The Labute approximate surface area is 110 Å². The van der Waals surface area contributed by atoms with Gasteiger partial charge in [-0.3, -0.25) is 0 Å². The van der Waals surface area contributed by atoms with Crippen molar-refractivity contribution in [3.05, 3.63) is 12.2 Å². The number of hydrogen-bond donors (Lipinski definition) is 2. The van der Waals surface area contributed by atoms with Crippen LogP contribution in [-0.4, -0.2) is 28.7 Å². The topological polar surface area (TPSA) is 49.7 Å². The van der Waals surface area contributed by atoms with Crippen LogP contribution in [0.5, 0.6) is 0 Å². The standard InChI is InChI=1S/C15H26O3/c1-2-3-4-5-6-7-8-11-12-9-15(17)18-14(12)10-13(11)16/h7-8,11-17H,2-6,9-10H2,1H3. The monoisotopic (exact) mass is 254 g/mol. The second-order valence-electron chi connectivity index (χ2n) is 5.69. The number of unbranched alkanes of at least 4 members (excludes halogenated alkanes) is 4. The van der Waals surface area contributed by atoms with Crippen LogP contribution in [0.1, 0.15) is 51.9 Å². The Bertz CT molecular complexity index is 277. The normalized spacial score (nSPS) is 39.6. The fourth-order valence-electron chi connectivity index (χ4n) is 3.27. The van der Waals surface area contributed by atoms with E-state index in [4.69, 9.17) is 4.74 Å². The van der Waals surface area contributed by atoms with E-state index in [1.165, 1.54) is 25.7 Å². The van der Waals surface area contributed by atoms with Crippen molar-refractivity contribution in [2.24, 2.45) is 11.8 Å². The minimum atomic E-state index is -0.618. The maximum absolute atomic E-state index is 10.0. The average Bonchev–Trinajstić information content (AvgIpc) is 2.80. The van der Waals surface area contributed by atoms with Gasteiger partial charge in [0.15, 0.2) is 6.29 Å². The van der Waals surface area contributed by atoms with E-state index in [2.05, 4.69) is 19.1 Å². The lowest BCUT2D eigenvalue weighted by molar-refractivity contribution is -0.0949. The molecule has 2 N–H and O–H groups in total. The van der Waals surface area contributed by atoms with Gasteiger partial charge in [-0.15, -0.1) is 0 Å². The van der Waals surface area contributed by atoms with Crippen molar-refractivity contribution < 1.29 is 14.9 Å². The van der Waals surface area contributed by atoms with Gasteiger partial charge in [0.2, 0.25) is 0 Å². The molecule has 0 radical (unpaired) electrons. The molecule has 1 heterocycles. The van der Waals surface area contributed by atoms with Crippen molar-refractivity contribution in [3.63, 3.8) is 0 Å². The van der Waals surface area contributed by atoms with Crippen LogP contribution in [0.3, 0.4) is 0 Å². The Morgan fingerprint density at radius 1 is 1.17 bits per heavy atom. The molecule has 0 aromatic rings. The molecule has 0 aromatic heterocycles. The third kappa shape index (κ3) is 3.34. The van der Waals surface area contributed by atoms with E-state index in [9.17, 15) is 10.2 Å². The van der Waals surface area contributed by atoms with Crippen LogP contribution in [0.2, 0.25) is 0 Å². The first-order chi connectivity index (χ1) is 8.72. The lowest BCUT2D eigenvalue weighted by Gasteiger charge is -2.15. The molecule has 1 saturated carbocycles. The molecule has 1 saturated heterocycles. The van der Waals surface area contributed by atoms with Gasteiger partial charge in [0.05, 0.1) is 12.2 Å². The van der Waals surface area contributed by atoms with E-state index < -0.39 is 6.29 Å². The zero-order valence-electron chi connectivity index (χ0n) is 11.3. The third-order valence-corrected chi connectivity index (χ3v) is 4.28. The summed E-state index contributed by atoms with van der Waals surface area (Å²) < 4.78 is 5.41. The smallest absolute Gasteiger partial charge is 0.155 e. The summed E-state index contributed by atoms with van der Waals surface area (Å²) >= 11 is 0. The van der Waals surface area contributed by atoms with Crippen molar-refractivity contribution >= 4 is 0 Å². The molecular weight excluding hydrogens is 228 g/mol. The Morgan fingerprint density at radius 2 is 2.00 bits per heavy atom. The van der Waals surface area contributed by atoms with Crippen LogP contribution in [0, 0.1) is 11.8 Å². The molecule has 3 heteroatoms. The van der Waals surface area contributed by atoms with Gasteiger partial charge in [0, 0.05) is 18.8 Å². The predicted octanol–water partition coefficient (Wildman–Crippen LogP) is 2.62. The van der Waals surface area contributed by atoms with Gasteiger partial charge in [-0.25, -0.2) is 0 Å². The molecule has 2 aliphatic rings. The van der Waals surface area contributed by atoms with Gasteiger partial charge < -0.3 is 14.9 Å². The Morgan fingerprint density at radius 3 is 2.78 bits per heavy atom. The van der Waals surface area contributed by atoms with Crippen LogP contribution in [0.4, 0.5) is 0 Å². The maximum atomic E-state index is 10.0. The van der Waals surface area contributed by atoms with E-state index in [1.807, 2.05) is 0 Å². The molecular formula is C15H26O3. The highest BCUT2D eigenvalue weighted by Gasteiger charge is 2.47. The largest absolute Gasteiger partial charge is 0.392 e. The highest BCUT2D eigenvalue weighted by Crippen LogP contribution is 2.43. The van der Waals surface area contributed by atoms with Crippen molar-refractivity contribution in [1.29, 1.82) is 0 Å². The lowest BCUT2D eigenvalue weighted by atomic mass is 9.91. The van der Waals surface area contributed by atoms with Crippen LogP contribution in [0.15, 0.2) is 12.2 Å². The van der Waals surface area contributed by atoms with E-state index >= 15 is 0 Å². The number of ether oxygens (including phenoxy) is 1. The van der Waals surface area contributed by atoms with Crippen molar-refractivity contribution in [3.8, 4) is 0 Å². The molecule has 3 nitrogen and oxygen atoms in total. The summed E-state index contributed by atoms with van der Waals surface area (Å²) in [5, 5.41) is 19.5. The van der Waals surface area contributed by atoms with Crippen LogP contribution in [-0.2, 0) is 4.74 Å². The van der Waals surface area contributed by atoms with Crippen LogP contribution < -0.4 is 0 Å². The second kappa shape index (κ2) is 6.69. The van der Waals surface area contributed by atoms with Gasteiger partial charge in [0.25, 0.3) is 0 Å². The zero-order chi connectivity index (χ0) is 13.0. The number of aliphatic hydroxyl groups excluding tert-OH is 2. The summed E-state index contributed by atoms with van der Waals surface area (Å²) in [6.45, 7) is 2.22. The van der Waals surface area contributed by atoms with Crippen LogP contribution in [0.25, 0.3) is 0 Å². The minimum Gasteiger partial charge on any atom is -0.392 e. The molecule has 0 spiro atoms. The Balaban J connectivity index is 1.75. The predicted molar refractivity (Wildman–Crippen MR) is 71.0 cm³/mol. The first kappa shape index (κ1) is 14.0. The minimum absolute atomic E-state index is 0.0599. The molecule has 5 unspecified atom stereocenters. The molecule has 5 atom stereocenters. The SMILES string of the molecule is CCCCCCC=CC1C(O)CC2OC(O)CC21. The van der Waals surface area contributed by atoms with E-state index in [0.29, 0.717) is 18.8 Å². The molecule has 104 valence electrons. The number of rotatable bonds is 6. The number of hydrogen-bond acceptors (Lipinski definition) is 3. The van der Waals surface area contributed by atoms with E-state index in [0.717, 1.165) is 6.42 Å². The van der Waals surface area contributed by atoms with Crippen molar-refractivity contribution in [2.75, 3.05) is 0 Å². The Kier molecular flexibility index (Phi) is 5.22. The van der Waals surface area contributed by atoms with Gasteiger partial charge in [0.1, 0.15) is 0 Å². The molecule has 1 aliphatic carbocycles. The second-order valence-corrected chi connectivity index (χ2v) is 5.69. The van der Waals surface area contributed by atoms with E-state index in [1.54, 1.807) is 0 Å². The highest BCUT2D eigenvalue weighted by molar-refractivity contribution is 5.04. The first-order valence-corrected chi connectivity index (χ1v) is 7.40. The summed E-state index contributed by atoms with van der Waals surface area (Å²) in [5.41, 5.74) is 0. The fraction of sp³-hybridized carbons (Fsp3) is 0.867. The molecule has 0 bridgehead atoms. The number of allylic oxidation sites excluding steroid dienone is 1.